The van der Waals surface area contributed by atoms with Crippen LogP contribution in [0.5, 0.6) is 5.75 Å². The second-order valence-electron chi connectivity index (χ2n) is 6.34. The van der Waals surface area contributed by atoms with Crippen molar-refractivity contribution in [1.29, 1.82) is 0 Å². The smallest absolute Gasteiger partial charge is 0.407 e. The number of carbonyl (C=O) groups is 1. The van der Waals surface area contributed by atoms with Gasteiger partial charge in [-0.15, -0.1) is 0 Å². The van der Waals surface area contributed by atoms with Crippen LogP contribution in [0.2, 0.25) is 0 Å². The van der Waals surface area contributed by atoms with E-state index in [-0.39, 0.29) is 12.1 Å². The van der Waals surface area contributed by atoms with Gasteiger partial charge in [-0.2, -0.15) is 0 Å². The predicted octanol–water partition coefficient (Wildman–Crippen LogP) is 2.74. The first-order chi connectivity index (χ1) is 10.3. The Labute approximate surface area is 133 Å². The molecule has 0 saturated heterocycles. The lowest BCUT2D eigenvalue weighted by atomic mass is 10.1. The molecule has 1 rings (SSSR count). The third kappa shape index (κ3) is 7.88. The zero-order chi connectivity index (χ0) is 16.6. The van der Waals surface area contributed by atoms with E-state index in [0.717, 1.165) is 18.7 Å². The van der Waals surface area contributed by atoms with Crippen molar-refractivity contribution in [3.8, 4) is 5.75 Å². The average Bonchev–Trinajstić information content (AvgIpc) is 2.44. The lowest BCUT2D eigenvalue weighted by Gasteiger charge is -2.21. The zero-order valence-corrected chi connectivity index (χ0v) is 14.2. The minimum absolute atomic E-state index is 0.186. The summed E-state index contributed by atoms with van der Waals surface area (Å²) >= 11 is 0. The normalized spacial score (nSPS) is 12.6. The molecule has 0 radical (unpaired) electrons. The second kappa shape index (κ2) is 8.63. The van der Waals surface area contributed by atoms with Crippen LogP contribution in [0.1, 0.15) is 33.3 Å². The number of nitrogens with one attached hydrogen (secondary N) is 2. The number of hydrogen-bond donors (Lipinski definition) is 2. The highest BCUT2D eigenvalue weighted by atomic mass is 16.6. The van der Waals surface area contributed by atoms with E-state index in [1.807, 2.05) is 39.8 Å². The summed E-state index contributed by atoms with van der Waals surface area (Å²) in [5, 5.41) is 6.14. The van der Waals surface area contributed by atoms with E-state index in [9.17, 15) is 4.79 Å². The molecule has 2 N–H and O–H groups in total. The van der Waals surface area contributed by atoms with Gasteiger partial charge in [0.05, 0.1) is 7.11 Å². The van der Waals surface area contributed by atoms with Crippen LogP contribution in [0.4, 0.5) is 4.79 Å². The highest BCUT2D eigenvalue weighted by molar-refractivity contribution is 5.67. The Kier molecular flexibility index (Phi) is 7.18. The number of benzene rings is 1. The molecule has 5 nitrogen and oxygen atoms in total. The molecule has 1 unspecified atom stereocenters. The van der Waals surface area contributed by atoms with E-state index in [4.69, 9.17) is 9.47 Å². The Hall–Kier alpha value is -1.75. The number of hydrogen-bond acceptors (Lipinski definition) is 4. The molecule has 0 fully saturated rings. The van der Waals surface area contributed by atoms with Gasteiger partial charge in [-0.1, -0.05) is 12.1 Å². The van der Waals surface area contributed by atoms with E-state index in [1.54, 1.807) is 7.11 Å². The SMILES string of the molecule is COc1ccc(CCNC(C)CNC(=O)OC(C)(C)C)cc1. The summed E-state index contributed by atoms with van der Waals surface area (Å²) in [7, 11) is 1.66. The van der Waals surface area contributed by atoms with Gasteiger partial charge in [-0.25, -0.2) is 4.79 Å². The maximum atomic E-state index is 11.5. The van der Waals surface area contributed by atoms with Gasteiger partial charge in [-0.05, 0) is 58.4 Å². The topological polar surface area (TPSA) is 59.6 Å². The maximum absolute atomic E-state index is 11.5. The third-order valence-corrected chi connectivity index (χ3v) is 3.02. The average molecular weight is 308 g/mol. The molecule has 5 heteroatoms. The summed E-state index contributed by atoms with van der Waals surface area (Å²) < 4.78 is 10.3. The van der Waals surface area contributed by atoms with Gasteiger partial charge in [0.1, 0.15) is 11.4 Å². The molecule has 1 aromatic carbocycles. The fraction of sp³-hybridized carbons (Fsp3) is 0.588. The lowest BCUT2D eigenvalue weighted by Crippen LogP contribution is -2.41. The van der Waals surface area contributed by atoms with Gasteiger partial charge >= 0.3 is 6.09 Å². The largest absolute Gasteiger partial charge is 0.497 e. The Morgan fingerprint density at radius 2 is 1.86 bits per heavy atom. The van der Waals surface area contributed by atoms with Gasteiger partial charge in [0.15, 0.2) is 0 Å². The van der Waals surface area contributed by atoms with E-state index >= 15 is 0 Å². The van der Waals surface area contributed by atoms with Crippen LogP contribution in [0.25, 0.3) is 0 Å². The van der Waals surface area contributed by atoms with Crippen molar-refractivity contribution in [2.24, 2.45) is 0 Å². The molecule has 0 aliphatic rings. The van der Waals surface area contributed by atoms with Crippen molar-refractivity contribution in [2.45, 2.75) is 45.8 Å². The molecule has 0 bridgehead atoms. The highest BCUT2D eigenvalue weighted by Gasteiger charge is 2.16. The number of carbonyl (C=O) groups excluding carboxylic acids is 1. The Morgan fingerprint density at radius 1 is 1.23 bits per heavy atom. The minimum atomic E-state index is -0.463. The van der Waals surface area contributed by atoms with E-state index in [1.165, 1.54) is 5.56 Å². The first-order valence-corrected chi connectivity index (χ1v) is 7.63. The maximum Gasteiger partial charge on any atom is 0.407 e. The number of rotatable bonds is 7. The van der Waals surface area contributed by atoms with Gasteiger partial charge < -0.3 is 20.1 Å². The Morgan fingerprint density at radius 3 is 2.41 bits per heavy atom. The van der Waals surface area contributed by atoms with Crippen molar-refractivity contribution >= 4 is 6.09 Å². The molecule has 1 aromatic rings. The molecule has 0 spiro atoms. The lowest BCUT2D eigenvalue weighted by molar-refractivity contribution is 0.0523. The molecule has 124 valence electrons. The Bertz CT molecular complexity index is 452. The fourth-order valence-electron chi connectivity index (χ4n) is 1.88. The number of alkyl carbamates (subject to hydrolysis) is 1. The summed E-state index contributed by atoms with van der Waals surface area (Å²) in [6, 6.07) is 8.23. The quantitative estimate of drug-likeness (QED) is 0.813. The van der Waals surface area contributed by atoms with E-state index < -0.39 is 5.60 Å². The summed E-state index contributed by atoms with van der Waals surface area (Å²) in [6.45, 7) is 8.97. The van der Waals surface area contributed by atoms with Crippen molar-refractivity contribution in [1.82, 2.24) is 10.6 Å². The second-order valence-corrected chi connectivity index (χ2v) is 6.34. The monoisotopic (exact) mass is 308 g/mol. The Balaban J connectivity index is 2.20. The van der Waals surface area contributed by atoms with Gasteiger partial charge in [0.25, 0.3) is 0 Å². The van der Waals surface area contributed by atoms with Gasteiger partial charge in [0, 0.05) is 12.6 Å². The molecule has 0 aromatic heterocycles. The van der Waals surface area contributed by atoms with E-state index in [0.29, 0.717) is 6.54 Å². The highest BCUT2D eigenvalue weighted by Crippen LogP contribution is 2.11. The van der Waals surface area contributed by atoms with Crippen LogP contribution < -0.4 is 15.4 Å². The first kappa shape index (κ1) is 18.3. The molecule has 1 atom stereocenters. The standard InChI is InChI=1S/C17H28N2O3/c1-13(12-19-16(20)22-17(2,3)4)18-11-10-14-6-8-15(21-5)9-7-14/h6-9,13,18H,10-12H2,1-5H3,(H,19,20). The van der Waals surface area contributed by atoms with Crippen molar-refractivity contribution < 1.29 is 14.3 Å². The summed E-state index contributed by atoms with van der Waals surface area (Å²) in [5.74, 6) is 0.867. The van der Waals surface area contributed by atoms with Crippen LogP contribution in [0.3, 0.4) is 0 Å². The van der Waals surface area contributed by atoms with Crippen LogP contribution >= 0.6 is 0 Å². The summed E-state index contributed by atoms with van der Waals surface area (Å²) in [5.41, 5.74) is 0.787. The molecule has 1 amide bonds. The van der Waals surface area contributed by atoms with Gasteiger partial charge in [0.2, 0.25) is 0 Å². The molecule has 22 heavy (non-hydrogen) atoms. The van der Waals surface area contributed by atoms with Crippen LogP contribution in [0.15, 0.2) is 24.3 Å². The number of ether oxygens (including phenoxy) is 2. The van der Waals surface area contributed by atoms with Crippen LogP contribution in [-0.2, 0) is 11.2 Å². The molecular formula is C17H28N2O3. The third-order valence-electron chi connectivity index (χ3n) is 3.02. The van der Waals surface area contributed by atoms with Crippen molar-refractivity contribution in [2.75, 3.05) is 20.2 Å². The van der Waals surface area contributed by atoms with Crippen molar-refractivity contribution in [3.63, 3.8) is 0 Å². The van der Waals surface area contributed by atoms with Gasteiger partial charge in [-0.3, -0.25) is 0 Å². The summed E-state index contributed by atoms with van der Waals surface area (Å²) in [6.07, 6.45) is 0.553. The van der Waals surface area contributed by atoms with Crippen molar-refractivity contribution in [3.05, 3.63) is 29.8 Å². The molecule has 0 heterocycles. The number of methoxy groups -OCH3 is 1. The van der Waals surface area contributed by atoms with Crippen LogP contribution in [-0.4, -0.2) is 37.9 Å². The minimum Gasteiger partial charge on any atom is -0.497 e. The van der Waals surface area contributed by atoms with Crippen LogP contribution in [0, 0.1) is 0 Å². The fourth-order valence-corrected chi connectivity index (χ4v) is 1.88. The predicted molar refractivity (Wildman–Crippen MR) is 88.4 cm³/mol. The van der Waals surface area contributed by atoms with E-state index in [2.05, 4.69) is 22.8 Å². The molecule has 0 aliphatic carbocycles. The molecule has 0 aliphatic heterocycles. The molecular weight excluding hydrogens is 280 g/mol. The number of amides is 1. The summed E-state index contributed by atoms with van der Waals surface area (Å²) in [4.78, 5) is 11.5. The molecule has 0 saturated carbocycles. The first-order valence-electron chi connectivity index (χ1n) is 7.63. The zero-order valence-electron chi connectivity index (χ0n) is 14.2.